The zero-order chi connectivity index (χ0) is 15.0. The Labute approximate surface area is 111 Å². The van der Waals surface area contributed by atoms with Crippen molar-refractivity contribution in [2.75, 3.05) is 20.1 Å². The first-order valence-corrected chi connectivity index (χ1v) is 5.93. The molecular weight excluding hydrogens is 254 g/mol. The molecule has 4 N–H and O–H groups in total. The minimum Gasteiger partial charge on any atom is -0.479 e. The van der Waals surface area contributed by atoms with Gasteiger partial charge in [-0.25, -0.2) is 9.59 Å². The molecule has 0 heterocycles. The van der Waals surface area contributed by atoms with Crippen molar-refractivity contribution in [3.63, 3.8) is 0 Å². The van der Waals surface area contributed by atoms with Gasteiger partial charge in [0.25, 0.3) is 0 Å². The van der Waals surface area contributed by atoms with Crippen LogP contribution in [0.2, 0.25) is 0 Å². The number of carboxylic acids is 1. The third-order valence-corrected chi connectivity index (χ3v) is 2.16. The van der Waals surface area contributed by atoms with Gasteiger partial charge in [0, 0.05) is 26.1 Å². The SMILES string of the molecule is CC(C)NC(=O)CN(C)C(=O)NCCC(O)C(=O)O. The van der Waals surface area contributed by atoms with Crippen LogP contribution in [0.15, 0.2) is 0 Å². The lowest BCUT2D eigenvalue weighted by Crippen LogP contribution is -2.45. The molecule has 0 aliphatic rings. The maximum atomic E-state index is 11.5. The van der Waals surface area contributed by atoms with Gasteiger partial charge >= 0.3 is 12.0 Å². The van der Waals surface area contributed by atoms with Gasteiger partial charge in [-0.2, -0.15) is 0 Å². The van der Waals surface area contributed by atoms with E-state index >= 15 is 0 Å². The summed E-state index contributed by atoms with van der Waals surface area (Å²) in [6, 6.07) is -0.508. The number of amides is 3. The third kappa shape index (κ3) is 7.98. The predicted octanol–water partition coefficient (Wildman–Crippen LogP) is -1.01. The number of rotatable bonds is 7. The Hall–Kier alpha value is -1.83. The molecule has 8 nitrogen and oxygen atoms in total. The Bertz CT molecular complexity index is 332. The zero-order valence-electron chi connectivity index (χ0n) is 11.3. The van der Waals surface area contributed by atoms with Gasteiger partial charge in [-0.15, -0.1) is 0 Å². The second-order valence-electron chi connectivity index (χ2n) is 4.45. The molecule has 0 radical (unpaired) electrons. The maximum absolute atomic E-state index is 11.5. The summed E-state index contributed by atoms with van der Waals surface area (Å²) in [5, 5.41) is 22.5. The van der Waals surface area contributed by atoms with Crippen LogP contribution in [-0.2, 0) is 9.59 Å². The molecule has 0 aromatic heterocycles. The van der Waals surface area contributed by atoms with E-state index in [-0.39, 0.29) is 31.5 Å². The van der Waals surface area contributed by atoms with Crippen molar-refractivity contribution in [2.45, 2.75) is 32.4 Å². The van der Waals surface area contributed by atoms with Crippen molar-refractivity contribution in [1.82, 2.24) is 15.5 Å². The molecule has 0 aromatic carbocycles. The number of hydrogen-bond acceptors (Lipinski definition) is 4. The molecule has 0 aliphatic carbocycles. The number of carboxylic acid groups (broad SMARTS) is 1. The number of nitrogens with zero attached hydrogens (tertiary/aromatic N) is 1. The van der Waals surface area contributed by atoms with E-state index in [1.807, 2.05) is 13.8 Å². The first-order chi connectivity index (χ1) is 8.73. The highest BCUT2D eigenvalue weighted by molar-refractivity contribution is 5.84. The van der Waals surface area contributed by atoms with E-state index in [1.165, 1.54) is 11.9 Å². The van der Waals surface area contributed by atoms with Crippen molar-refractivity contribution in [1.29, 1.82) is 0 Å². The summed E-state index contributed by atoms with van der Waals surface area (Å²) in [5.74, 6) is -1.61. The molecule has 8 heteroatoms. The molecule has 0 rings (SSSR count). The van der Waals surface area contributed by atoms with Gasteiger partial charge in [-0.05, 0) is 13.8 Å². The normalized spacial score (nSPS) is 11.8. The molecule has 0 spiro atoms. The molecule has 19 heavy (non-hydrogen) atoms. The number of aliphatic carboxylic acids is 1. The van der Waals surface area contributed by atoms with Crippen LogP contribution in [0, 0.1) is 0 Å². The lowest BCUT2D eigenvalue weighted by molar-refractivity contribution is -0.146. The highest BCUT2D eigenvalue weighted by Crippen LogP contribution is 1.91. The van der Waals surface area contributed by atoms with Crippen molar-refractivity contribution in [3.8, 4) is 0 Å². The quantitative estimate of drug-likeness (QED) is 0.474. The summed E-state index contributed by atoms with van der Waals surface area (Å²) in [5.41, 5.74) is 0. The van der Waals surface area contributed by atoms with Crippen LogP contribution in [0.25, 0.3) is 0 Å². The van der Waals surface area contributed by atoms with E-state index in [0.29, 0.717) is 0 Å². The minimum absolute atomic E-state index is 0.00493. The maximum Gasteiger partial charge on any atom is 0.332 e. The van der Waals surface area contributed by atoms with E-state index in [0.717, 1.165) is 0 Å². The topological polar surface area (TPSA) is 119 Å². The van der Waals surface area contributed by atoms with Crippen LogP contribution in [0.4, 0.5) is 4.79 Å². The first-order valence-electron chi connectivity index (χ1n) is 5.93. The third-order valence-electron chi connectivity index (χ3n) is 2.16. The van der Waals surface area contributed by atoms with E-state index in [9.17, 15) is 14.4 Å². The number of carbonyl (C=O) groups excluding carboxylic acids is 2. The average molecular weight is 275 g/mol. The number of likely N-dealkylation sites (N-methyl/N-ethyl adjacent to an activating group) is 1. The van der Waals surface area contributed by atoms with Crippen molar-refractivity contribution in [2.24, 2.45) is 0 Å². The van der Waals surface area contributed by atoms with Crippen LogP contribution < -0.4 is 10.6 Å². The van der Waals surface area contributed by atoms with E-state index in [4.69, 9.17) is 10.2 Å². The van der Waals surface area contributed by atoms with Crippen molar-refractivity contribution < 1.29 is 24.6 Å². The van der Waals surface area contributed by atoms with Crippen molar-refractivity contribution in [3.05, 3.63) is 0 Å². The van der Waals surface area contributed by atoms with Crippen LogP contribution in [0.1, 0.15) is 20.3 Å². The minimum atomic E-state index is -1.50. The Balaban J connectivity index is 3.94. The molecule has 0 aromatic rings. The lowest BCUT2D eigenvalue weighted by atomic mass is 10.2. The summed E-state index contributed by atoms with van der Waals surface area (Å²) in [7, 11) is 1.45. The Morgan fingerprint density at radius 2 is 1.84 bits per heavy atom. The highest BCUT2D eigenvalue weighted by Gasteiger charge is 2.15. The monoisotopic (exact) mass is 275 g/mol. The first kappa shape index (κ1) is 17.2. The Kier molecular flexibility index (Phi) is 7.50. The Morgan fingerprint density at radius 3 is 2.32 bits per heavy atom. The largest absolute Gasteiger partial charge is 0.479 e. The predicted molar refractivity (Wildman–Crippen MR) is 67.6 cm³/mol. The molecule has 1 atom stereocenters. The molecule has 110 valence electrons. The van der Waals surface area contributed by atoms with Crippen molar-refractivity contribution >= 4 is 17.9 Å². The fourth-order valence-corrected chi connectivity index (χ4v) is 1.23. The molecule has 0 saturated carbocycles. The zero-order valence-corrected chi connectivity index (χ0v) is 11.3. The van der Waals surface area contributed by atoms with Crippen LogP contribution in [0.3, 0.4) is 0 Å². The van der Waals surface area contributed by atoms with E-state index in [1.54, 1.807) is 0 Å². The molecule has 0 bridgehead atoms. The van der Waals surface area contributed by atoms with Gasteiger partial charge in [0.2, 0.25) is 5.91 Å². The van der Waals surface area contributed by atoms with Crippen LogP contribution >= 0.6 is 0 Å². The molecule has 3 amide bonds. The van der Waals surface area contributed by atoms with Gasteiger partial charge in [0.15, 0.2) is 6.10 Å². The molecule has 0 saturated heterocycles. The van der Waals surface area contributed by atoms with Gasteiger partial charge in [-0.3, -0.25) is 4.79 Å². The number of urea groups is 1. The van der Waals surface area contributed by atoms with Crippen LogP contribution in [-0.4, -0.2) is 65.3 Å². The number of hydrogen-bond donors (Lipinski definition) is 4. The van der Waals surface area contributed by atoms with Gasteiger partial charge < -0.3 is 25.7 Å². The van der Waals surface area contributed by atoms with E-state index in [2.05, 4.69) is 10.6 Å². The summed E-state index contributed by atoms with van der Waals surface area (Å²) in [4.78, 5) is 34.4. The second kappa shape index (κ2) is 8.30. The van der Waals surface area contributed by atoms with Crippen LogP contribution in [0.5, 0.6) is 0 Å². The summed E-state index contributed by atoms with van der Waals surface area (Å²) in [6.07, 6.45) is -1.59. The lowest BCUT2D eigenvalue weighted by Gasteiger charge is -2.18. The molecular formula is C11H21N3O5. The highest BCUT2D eigenvalue weighted by atomic mass is 16.4. The van der Waals surface area contributed by atoms with Gasteiger partial charge in [0.05, 0.1) is 0 Å². The summed E-state index contributed by atoms with van der Waals surface area (Å²) >= 11 is 0. The Morgan fingerprint density at radius 1 is 1.26 bits per heavy atom. The summed E-state index contributed by atoms with van der Waals surface area (Å²) < 4.78 is 0. The number of nitrogens with one attached hydrogen (secondary N) is 2. The number of carbonyl (C=O) groups is 3. The molecule has 1 unspecified atom stereocenters. The fourth-order valence-electron chi connectivity index (χ4n) is 1.23. The standard InChI is InChI=1S/C11H21N3O5/c1-7(2)13-9(16)6-14(3)11(19)12-5-4-8(15)10(17)18/h7-8,15H,4-6H2,1-3H3,(H,12,19)(H,13,16)(H,17,18). The second-order valence-corrected chi connectivity index (χ2v) is 4.45. The average Bonchev–Trinajstić information content (AvgIpc) is 2.26. The van der Waals surface area contributed by atoms with Gasteiger partial charge in [0.1, 0.15) is 6.54 Å². The molecule has 0 aliphatic heterocycles. The fraction of sp³-hybridized carbons (Fsp3) is 0.727. The summed E-state index contributed by atoms with van der Waals surface area (Å²) in [6.45, 7) is 3.55. The number of aliphatic hydroxyl groups excluding tert-OH is 1. The van der Waals surface area contributed by atoms with E-state index < -0.39 is 18.1 Å². The van der Waals surface area contributed by atoms with Gasteiger partial charge in [-0.1, -0.05) is 0 Å². The smallest absolute Gasteiger partial charge is 0.332 e. The molecule has 0 fully saturated rings. The number of aliphatic hydroxyl groups is 1.